The van der Waals surface area contributed by atoms with Crippen LogP contribution in [0.25, 0.3) is 0 Å². The van der Waals surface area contributed by atoms with E-state index in [4.69, 9.17) is 11.6 Å². The highest BCUT2D eigenvalue weighted by molar-refractivity contribution is 7.89. The number of amides is 1. The van der Waals surface area contributed by atoms with Gasteiger partial charge in [-0.15, -0.1) is 0 Å². The summed E-state index contributed by atoms with van der Waals surface area (Å²) in [7, 11) is -0.986. The second-order valence-electron chi connectivity index (χ2n) is 3.94. The molecule has 1 aromatic carbocycles. The van der Waals surface area contributed by atoms with Gasteiger partial charge in [0, 0.05) is 26.7 Å². The van der Waals surface area contributed by atoms with Gasteiger partial charge >= 0.3 is 0 Å². The first-order valence-corrected chi connectivity index (χ1v) is 7.02. The standard InChI is InChI=1S/C11H13ClN2O4S/c1-7(15)11(16)13-8-4-5-9(12)10(6-8)19(17,18)14(2)3/h4-6H,1-3H3,(H,13,16). The maximum atomic E-state index is 12.0. The number of hydrogen-bond donors (Lipinski definition) is 1. The molecule has 0 aromatic heterocycles. The minimum atomic E-state index is -3.72. The Hall–Kier alpha value is -1.44. The van der Waals surface area contributed by atoms with E-state index in [9.17, 15) is 18.0 Å². The van der Waals surface area contributed by atoms with Crippen LogP contribution in [0.5, 0.6) is 0 Å². The molecule has 0 saturated heterocycles. The number of Topliss-reactive ketones (excluding diaryl/α,β-unsaturated/α-hetero) is 1. The van der Waals surface area contributed by atoms with Crippen molar-refractivity contribution in [3.8, 4) is 0 Å². The summed E-state index contributed by atoms with van der Waals surface area (Å²) in [5.74, 6) is -1.50. The van der Waals surface area contributed by atoms with Gasteiger partial charge in [-0.05, 0) is 18.2 Å². The predicted octanol–water partition coefficient (Wildman–Crippen LogP) is 1.12. The van der Waals surface area contributed by atoms with Gasteiger partial charge < -0.3 is 5.32 Å². The van der Waals surface area contributed by atoms with Crippen molar-refractivity contribution in [2.45, 2.75) is 11.8 Å². The quantitative estimate of drug-likeness (QED) is 0.845. The van der Waals surface area contributed by atoms with Gasteiger partial charge in [-0.2, -0.15) is 0 Å². The molecule has 0 atom stereocenters. The Morgan fingerprint density at radius 2 is 1.84 bits per heavy atom. The number of nitrogens with zero attached hydrogens (tertiary/aromatic N) is 1. The van der Waals surface area contributed by atoms with Crippen molar-refractivity contribution in [2.24, 2.45) is 0 Å². The molecule has 0 unspecified atom stereocenters. The summed E-state index contributed by atoms with van der Waals surface area (Å²) in [5.41, 5.74) is 0.185. The van der Waals surface area contributed by atoms with Gasteiger partial charge in [-0.3, -0.25) is 9.59 Å². The van der Waals surface area contributed by atoms with Crippen molar-refractivity contribution in [3.63, 3.8) is 0 Å². The minimum Gasteiger partial charge on any atom is -0.319 e. The molecule has 1 amide bonds. The fourth-order valence-electron chi connectivity index (χ4n) is 1.19. The zero-order valence-corrected chi connectivity index (χ0v) is 12.2. The van der Waals surface area contributed by atoms with E-state index in [0.717, 1.165) is 11.2 Å². The van der Waals surface area contributed by atoms with Crippen LogP contribution in [0.4, 0.5) is 5.69 Å². The number of nitrogens with one attached hydrogen (secondary N) is 1. The van der Waals surface area contributed by atoms with Gasteiger partial charge in [-0.1, -0.05) is 11.6 Å². The molecule has 0 heterocycles. The summed E-state index contributed by atoms with van der Waals surface area (Å²) in [6.07, 6.45) is 0. The first kappa shape index (κ1) is 15.6. The molecular weight excluding hydrogens is 292 g/mol. The second kappa shape index (κ2) is 5.68. The minimum absolute atomic E-state index is 0.0366. The molecule has 8 heteroatoms. The van der Waals surface area contributed by atoms with Crippen LogP contribution in [-0.4, -0.2) is 38.5 Å². The first-order valence-electron chi connectivity index (χ1n) is 5.20. The van der Waals surface area contributed by atoms with E-state index in [2.05, 4.69) is 5.32 Å². The average Bonchev–Trinajstić information content (AvgIpc) is 2.30. The van der Waals surface area contributed by atoms with Crippen LogP contribution < -0.4 is 5.32 Å². The topological polar surface area (TPSA) is 83.5 Å². The van der Waals surface area contributed by atoms with Crippen LogP contribution in [0.3, 0.4) is 0 Å². The first-order chi connectivity index (χ1) is 8.66. The average molecular weight is 305 g/mol. The van der Waals surface area contributed by atoms with E-state index in [1.807, 2.05) is 0 Å². The third kappa shape index (κ3) is 3.52. The van der Waals surface area contributed by atoms with E-state index < -0.39 is 21.7 Å². The molecular formula is C11H13ClN2O4S. The molecule has 0 fully saturated rings. The molecule has 0 aliphatic heterocycles. The molecule has 0 spiro atoms. The van der Waals surface area contributed by atoms with E-state index in [-0.39, 0.29) is 15.6 Å². The Morgan fingerprint density at radius 1 is 1.26 bits per heavy atom. The lowest BCUT2D eigenvalue weighted by atomic mass is 10.3. The molecule has 0 aliphatic rings. The zero-order chi connectivity index (χ0) is 14.8. The Balaban J connectivity index is 3.23. The number of carbonyl (C=O) groups is 2. The van der Waals surface area contributed by atoms with Crippen LogP contribution in [0, 0.1) is 0 Å². The molecule has 0 bridgehead atoms. The van der Waals surface area contributed by atoms with Crippen molar-refractivity contribution in [1.29, 1.82) is 0 Å². The highest BCUT2D eigenvalue weighted by Crippen LogP contribution is 2.26. The van der Waals surface area contributed by atoms with Gasteiger partial charge in [0.05, 0.1) is 5.02 Å². The fourth-order valence-corrected chi connectivity index (χ4v) is 2.59. The summed E-state index contributed by atoms with van der Waals surface area (Å²) in [6.45, 7) is 1.11. The van der Waals surface area contributed by atoms with E-state index in [1.165, 1.54) is 32.3 Å². The van der Waals surface area contributed by atoms with Crippen LogP contribution in [0.15, 0.2) is 23.1 Å². The summed E-state index contributed by atoms with van der Waals surface area (Å²) < 4.78 is 25.0. The van der Waals surface area contributed by atoms with Gasteiger partial charge in [0.25, 0.3) is 5.91 Å². The smallest absolute Gasteiger partial charge is 0.291 e. The molecule has 1 rings (SSSR count). The lowest BCUT2D eigenvalue weighted by Gasteiger charge is -2.14. The highest BCUT2D eigenvalue weighted by Gasteiger charge is 2.21. The van der Waals surface area contributed by atoms with Crippen molar-refractivity contribution in [3.05, 3.63) is 23.2 Å². The molecule has 1 aromatic rings. The van der Waals surface area contributed by atoms with Crippen LogP contribution in [0.1, 0.15) is 6.92 Å². The SMILES string of the molecule is CC(=O)C(=O)Nc1ccc(Cl)c(S(=O)(=O)N(C)C)c1. The fraction of sp³-hybridized carbons (Fsp3) is 0.273. The molecule has 0 aliphatic carbocycles. The summed E-state index contributed by atoms with van der Waals surface area (Å²) >= 11 is 5.84. The lowest BCUT2D eigenvalue weighted by Crippen LogP contribution is -2.23. The van der Waals surface area contributed by atoms with E-state index in [1.54, 1.807) is 0 Å². The van der Waals surface area contributed by atoms with E-state index >= 15 is 0 Å². The number of ketones is 1. The molecule has 6 nitrogen and oxygen atoms in total. The maximum Gasteiger partial charge on any atom is 0.291 e. The number of benzene rings is 1. The molecule has 1 N–H and O–H groups in total. The van der Waals surface area contributed by atoms with Crippen LogP contribution in [-0.2, 0) is 19.6 Å². The number of sulfonamides is 1. The number of rotatable bonds is 4. The molecule has 104 valence electrons. The predicted molar refractivity (Wildman–Crippen MR) is 71.6 cm³/mol. The number of anilines is 1. The molecule has 19 heavy (non-hydrogen) atoms. The third-order valence-electron chi connectivity index (χ3n) is 2.27. The van der Waals surface area contributed by atoms with Crippen molar-refractivity contribution < 1.29 is 18.0 Å². The summed E-state index contributed by atoms with van der Waals surface area (Å²) in [4.78, 5) is 21.9. The number of halogens is 1. The monoisotopic (exact) mass is 304 g/mol. The summed E-state index contributed by atoms with van der Waals surface area (Å²) in [5, 5.41) is 2.33. The molecule has 0 radical (unpaired) electrons. The third-order valence-corrected chi connectivity index (χ3v) is 4.56. The van der Waals surface area contributed by atoms with E-state index in [0.29, 0.717) is 0 Å². The van der Waals surface area contributed by atoms with Gasteiger partial charge in [0.15, 0.2) is 0 Å². The van der Waals surface area contributed by atoms with Gasteiger partial charge in [-0.25, -0.2) is 12.7 Å². The Labute approximate surface area is 116 Å². The van der Waals surface area contributed by atoms with Gasteiger partial charge in [0.2, 0.25) is 15.8 Å². The zero-order valence-electron chi connectivity index (χ0n) is 10.6. The number of carbonyl (C=O) groups excluding carboxylic acids is 2. The highest BCUT2D eigenvalue weighted by atomic mass is 35.5. The van der Waals surface area contributed by atoms with Crippen molar-refractivity contribution >= 4 is 39.0 Å². The number of hydrogen-bond acceptors (Lipinski definition) is 4. The van der Waals surface area contributed by atoms with Gasteiger partial charge in [0.1, 0.15) is 4.90 Å². The Kier molecular flexibility index (Phi) is 4.67. The largest absolute Gasteiger partial charge is 0.319 e. The lowest BCUT2D eigenvalue weighted by molar-refractivity contribution is -0.133. The van der Waals surface area contributed by atoms with Crippen molar-refractivity contribution in [1.82, 2.24) is 4.31 Å². The van der Waals surface area contributed by atoms with Crippen LogP contribution >= 0.6 is 11.6 Å². The summed E-state index contributed by atoms with van der Waals surface area (Å²) in [6, 6.07) is 3.96. The maximum absolute atomic E-state index is 12.0. The Morgan fingerprint density at radius 3 is 2.32 bits per heavy atom. The Bertz CT molecular complexity index is 626. The molecule has 0 saturated carbocycles. The normalized spacial score (nSPS) is 11.4. The van der Waals surface area contributed by atoms with Crippen LogP contribution in [0.2, 0.25) is 5.02 Å². The second-order valence-corrected chi connectivity index (χ2v) is 6.47. The van der Waals surface area contributed by atoms with Crippen molar-refractivity contribution in [2.75, 3.05) is 19.4 Å².